The molecular formula is C25H26F5N7O. The van der Waals surface area contributed by atoms with Gasteiger partial charge < -0.3 is 19.9 Å². The van der Waals surface area contributed by atoms with Gasteiger partial charge >= 0.3 is 6.18 Å². The van der Waals surface area contributed by atoms with Gasteiger partial charge in [0.2, 0.25) is 0 Å². The van der Waals surface area contributed by atoms with Crippen LogP contribution >= 0.6 is 0 Å². The molecule has 0 saturated carbocycles. The number of pyridine rings is 1. The molecule has 0 amide bonds. The molecule has 38 heavy (non-hydrogen) atoms. The van der Waals surface area contributed by atoms with Crippen molar-refractivity contribution in [2.24, 2.45) is 0 Å². The van der Waals surface area contributed by atoms with Gasteiger partial charge in [-0.25, -0.2) is 23.7 Å². The number of rotatable bonds is 6. The van der Waals surface area contributed by atoms with E-state index in [1.165, 1.54) is 18.3 Å². The molecule has 0 aliphatic carbocycles. The van der Waals surface area contributed by atoms with E-state index in [0.29, 0.717) is 69.1 Å². The molecule has 8 nitrogen and oxygen atoms in total. The van der Waals surface area contributed by atoms with E-state index in [4.69, 9.17) is 9.72 Å². The lowest BCUT2D eigenvalue weighted by molar-refractivity contribution is -0.137. The Morgan fingerprint density at radius 2 is 1.61 bits per heavy atom. The standard InChI is InChI=1S/C25H26F5N7O/c26-19-4-3-17(14-20(19)27)32-21-15-23(34-22(33-21)16-35-10-12-38-13-11-35)36-6-8-37(9-7-36)24-18(25(28,29)30)2-1-5-31-24/h1-5,14-15H,6-13,16H2,(H,32,33,34). The molecule has 13 heteroatoms. The molecule has 4 heterocycles. The third kappa shape index (κ3) is 6.10. The van der Waals surface area contributed by atoms with Crippen molar-refractivity contribution in [1.82, 2.24) is 19.9 Å². The highest BCUT2D eigenvalue weighted by atomic mass is 19.4. The first-order chi connectivity index (χ1) is 18.3. The topological polar surface area (TPSA) is 69.7 Å². The smallest absolute Gasteiger partial charge is 0.379 e. The normalized spacial score (nSPS) is 17.1. The van der Waals surface area contributed by atoms with Gasteiger partial charge in [-0.05, 0) is 24.3 Å². The summed E-state index contributed by atoms with van der Waals surface area (Å²) in [5, 5.41) is 3.01. The number of ether oxygens (including phenoxy) is 1. The number of anilines is 4. The molecule has 5 rings (SSSR count). The Morgan fingerprint density at radius 3 is 2.32 bits per heavy atom. The molecule has 0 bridgehead atoms. The van der Waals surface area contributed by atoms with Crippen molar-refractivity contribution in [1.29, 1.82) is 0 Å². The predicted molar refractivity (Wildman–Crippen MR) is 131 cm³/mol. The van der Waals surface area contributed by atoms with Gasteiger partial charge in [0.1, 0.15) is 23.3 Å². The first-order valence-electron chi connectivity index (χ1n) is 12.2. The summed E-state index contributed by atoms with van der Waals surface area (Å²) in [4.78, 5) is 19.0. The molecule has 0 unspecified atom stereocenters. The molecule has 3 aromatic rings. The highest BCUT2D eigenvalue weighted by Crippen LogP contribution is 2.35. The second-order valence-electron chi connectivity index (χ2n) is 9.02. The third-order valence-corrected chi connectivity index (χ3v) is 6.41. The highest BCUT2D eigenvalue weighted by molar-refractivity contribution is 5.60. The van der Waals surface area contributed by atoms with E-state index in [0.717, 1.165) is 31.3 Å². The minimum Gasteiger partial charge on any atom is -0.379 e. The molecule has 0 spiro atoms. The van der Waals surface area contributed by atoms with Crippen LogP contribution in [0.3, 0.4) is 0 Å². The molecule has 2 aromatic heterocycles. The quantitative estimate of drug-likeness (QED) is 0.474. The number of hydrogen-bond donors (Lipinski definition) is 1. The van der Waals surface area contributed by atoms with Crippen molar-refractivity contribution in [2.45, 2.75) is 12.7 Å². The lowest BCUT2D eigenvalue weighted by atomic mass is 10.2. The van der Waals surface area contributed by atoms with Crippen LogP contribution in [0.25, 0.3) is 0 Å². The fraction of sp³-hybridized carbons (Fsp3) is 0.400. The van der Waals surface area contributed by atoms with Crippen molar-refractivity contribution in [2.75, 3.05) is 67.6 Å². The van der Waals surface area contributed by atoms with Gasteiger partial charge in [0.25, 0.3) is 0 Å². The number of benzene rings is 1. The zero-order valence-corrected chi connectivity index (χ0v) is 20.4. The Kier molecular flexibility index (Phi) is 7.56. The maximum atomic E-state index is 13.8. The number of morpholine rings is 1. The predicted octanol–water partition coefficient (Wildman–Crippen LogP) is 4.07. The Hall–Kier alpha value is -3.58. The second-order valence-corrected chi connectivity index (χ2v) is 9.02. The molecule has 2 aliphatic heterocycles. The Morgan fingerprint density at radius 1 is 0.868 bits per heavy atom. The first kappa shape index (κ1) is 26.0. The second kappa shape index (κ2) is 11.0. The van der Waals surface area contributed by atoms with E-state index in [9.17, 15) is 22.0 Å². The van der Waals surface area contributed by atoms with Gasteiger partial charge in [-0.1, -0.05) is 0 Å². The first-order valence-corrected chi connectivity index (χ1v) is 12.2. The summed E-state index contributed by atoms with van der Waals surface area (Å²) in [6.45, 7) is 4.58. The number of nitrogens with one attached hydrogen (secondary N) is 1. The van der Waals surface area contributed by atoms with E-state index >= 15 is 0 Å². The van der Waals surface area contributed by atoms with Gasteiger partial charge in [-0.3, -0.25) is 4.90 Å². The van der Waals surface area contributed by atoms with E-state index in [1.54, 1.807) is 11.0 Å². The average Bonchev–Trinajstić information content (AvgIpc) is 2.91. The van der Waals surface area contributed by atoms with Crippen molar-refractivity contribution in [3.63, 3.8) is 0 Å². The molecule has 0 atom stereocenters. The average molecular weight is 536 g/mol. The van der Waals surface area contributed by atoms with Gasteiger partial charge in [-0.2, -0.15) is 13.2 Å². The molecule has 202 valence electrons. The SMILES string of the molecule is Fc1ccc(Nc2cc(N3CCN(c4ncccc4C(F)(F)F)CC3)nc(CN3CCOCC3)n2)cc1F. The van der Waals surface area contributed by atoms with Crippen LogP contribution < -0.4 is 15.1 Å². The monoisotopic (exact) mass is 535 g/mol. The fourth-order valence-corrected chi connectivity index (χ4v) is 4.48. The number of piperazine rings is 1. The summed E-state index contributed by atoms with van der Waals surface area (Å²) in [6.07, 6.45) is -3.14. The molecular weight excluding hydrogens is 509 g/mol. The number of hydrogen-bond acceptors (Lipinski definition) is 8. The molecule has 0 radical (unpaired) electrons. The van der Waals surface area contributed by atoms with Crippen molar-refractivity contribution in [3.8, 4) is 0 Å². The van der Waals surface area contributed by atoms with Crippen LogP contribution in [0.2, 0.25) is 0 Å². The summed E-state index contributed by atoms with van der Waals surface area (Å²) in [5.41, 5.74) is -0.438. The molecule has 2 aliphatic rings. The van der Waals surface area contributed by atoms with Crippen molar-refractivity contribution < 1.29 is 26.7 Å². The van der Waals surface area contributed by atoms with Crippen LogP contribution in [0.4, 0.5) is 45.1 Å². The van der Waals surface area contributed by atoms with Gasteiger partial charge in [0.05, 0.1) is 25.3 Å². The maximum absolute atomic E-state index is 13.8. The zero-order valence-electron chi connectivity index (χ0n) is 20.4. The van der Waals surface area contributed by atoms with Gasteiger partial charge in [0.15, 0.2) is 11.6 Å². The number of halogens is 5. The minimum absolute atomic E-state index is 0.0870. The van der Waals surface area contributed by atoms with E-state index < -0.39 is 23.4 Å². The van der Waals surface area contributed by atoms with Gasteiger partial charge in [0, 0.05) is 63.3 Å². The van der Waals surface area contributed by atoms with E-state index in [-0.39, 0.29) is 5.82 Å². The van der Waals surface area contributed by atoms with Crippen molar-refractivity contribution in [3.05, 3.63) is 65.6 Å². The van der Waals surface area contributed by atoms with Crippen molar-refractivity contribution >= 4 is 23.1 Å². The van der Waals surface area contributed by atoms with Crippen LogP contribution in [-0.4, -0.2) is 72.3 Å². The summed E-state index contributed by atoms with van der Waals surface area (Å²) in [5.74, 6) is -0.508. The van der Waals surface area contributed by atoms with Crippen LogP contribution in [-0.2, 0) is 17.5 Å². The minimum atomic E-state index is -4.50. The summed E-state index contributed by atoms with van der Waals surface area (Å²) in [7, 11) is 0. The lowest BCUT2D eigenvalue weighted by Gasteiger charge is -2.37. The zero-order chi connectivity index (χ0) is 26.7. The summed E-state index contributed by atoms with van der Waals surface area (Å²) in [6, 6.07) is 7.49. The lowest BCUT2D eigenvalue weighted by Crippen LogP contribution is -2.47. The molecule has 2 fully saturated rings. The number of aromatic nitrogens is 3. The largest absolute Gasteiger partial charge is 0.419 e. The highest BCUT2D eigenvalue weighted by Gasteiger charge is 2.36. The van der Waals surface area contributed by atoms with Crippen LogP contribution in [0.15, 0.2) is 42.6 Å². The Labute approximate surface area is 216 Å². The van der Waals surface area contributed by atoms with Crippen LogP contribution in [0.1, 0.15) is 11.4 Å². The van der Waals surface area contributed by atoms with Crippen LogP contribution in [0, 0.1) is 11.6 Å². The number of alkyl halides is 3. The molecule has 1 aromatic carbocycles. The van der Waals surface area contributed by atoms with E-state index in [2.05, 4.69) is 20.2 Å². The maximum Gasteiger partial charge on any atom is 0.419 e. The third-order valence-electron chi connectivity index (χ3n) is 6.41. The fourth-order valence-electron chi connectivity index (χ4n) is 4.48. The molecule has 1 N–H and O–H groups in total. The summed E-state index contributed by atoms with van der Waals surface area (Å²) >= 11 is 0. The van der Waals surface area contributed by atoms with Crippen LogP contribution in [0.5, 0.6) is 0 Å². The number of nitrogens with zero attached hydrogens (tertiary/aromatic N) is 6. The Balaban J connectivity index is 1.36. The molecule has 2 saturated heterocycles. The summed E-state index contributed by atoms with van der Waals surface area (Å²) < 4.78 is 73.0. The van der Waals surface area contributed by atoms with E-state index in [1.807, 2.05) is 4.90 Å². The Bertz CT molecular complexity index is 1260. The van der Waals surface area contributed by atoms with Gasteiger partial charge in [-0.15, -0.1) is 0 Å².